The predicted octanol–water partition coefficient (Wildman–Crippen LogP) is 3.05. The third-order valence-corrected chi connectivity index (χ3v) is 2.93. The molecule has 3 aromatic heterocycles. The molecule has 3 heterocycles. The lowest BCUT2D eigenvalue weighted by Crippen LogP contribution is -2.05. The van der Waals surface area contributed by atoms with Gasteiger partial charge < -0.3 is 4.57 Å². The number of nitrogens with zero attached hydrogens (tertiary/aromatic N) is 4. The van der Waals surface area contributed by atoms with Crippen LogP contribution in [0.1, 0.15) is 5.56 Å². The van der Waals surface area contributed by atoms with E-state index in [9.17, 15) is 13.2 Å². The standard InChI is InChI=1S/C13H9F3N4/c1-20-11-10(6-8(7-18-11)13(14,15)16)19-12(20)9-4-2-3-5-17-9/h2-7H,1H3. The summed E-state index contributed by atoms with van der Waals surface area (Å²) in [5, 5.41) is 0. The second-order valence-corrected chi connectivity index (χ2v) is 4.27. The minimum atomic E-state index is -4.43. The van der Waals surface area contributed by atoms with Gasteiger partial charge in [-0.05, 0) is 18.2 Å². The van der Waals surface area contributed by atoms with Crippen LogP contribution in [-0.2, 0) is 13.2 Å². The molecule has 20 heavy (non-hydrogen) atoms. The van der Waals surface area contributed by atoms with E-state index in [-0.39, 0.29) is 5.52 Å². The molecule has 0 bridgehead atoms. The van der Waals surface area contributed by atoms with Gasteiger partial charge in [0.2, 0.25) is 0 Å². The summed E-state index contributed by atoms with van der Waals surface area (Å²) in [6.45, 7) is 0. The molecular formula is C13H9F3N4. The van der Waals surface area contributed by atoms with Crippen molar-refractivity contribution < 1.29 is 13.2 Å². The number of hydrogen-bond acceptors (Lipinski definition) is 3. The SMILES string of the molecule is Cn1c(-c2ccccn2)nc2cc(C(F)(F)F)cnc21. The molecule has 0 amide bonds. The maximum Gasteiger partial charge on any atom is 0.417 e. The monoisotopic (exact) mass is 278 g/mol. The van der Waals surface area contributed by atoms with E-state index in [0.717, 1.165) is 12.3 Å². The van der Waals surface area contributed by atoms with E-state index in [1.54, 1.807) is 36.0 Å². The first-order chi connectivity index (χ1) is 9.47. The number of aromatic nitrogens is 4. The summed E-state index contributed by atoms with van der Waals surface area (Å²) in [5.74, 6) is 0.479. The van der Waals surface area contributed by atoms with Gasteiger partial charge in [-0.25, -0.2) is 9.97 Å². The molecule has 102 valence electrons. The van der Waals surface area contributed by atoms with Crippen molar-refractivity contribution in [2.75, 3.05) is 0 Å². The van der Waals surface area contributed by atoms with Crippen LogP contribution in [0.15, 0.2) is 36.7 Å². The minimum Gasteiger partial charge on any atom is -0.311 e. The Bertz CT molecular complexity index is 762. The van der Waals surface area contributed by atoms with E-state index in [0.29, 0.717) is 17.2 Å². The maximum atomic E-state index is 12.7. The van der Waals surface area contributed by atoms with E-state index in [1.165, 1.54) is 0 Å². The average Bonchev–Trinajstić information content (AvgIpc) is 2.76. The lowest BCUT2D eigenvalue weighted by molar-refractivity contribution is -0.137. The summed E-state index contributed by atoms with van der Waals surface area (Å²) in [6, 6.07) is 6.28. The Labute approximate surface area is 111 Å². The van der Waals surface area contributed by atoms with Gasteiger partial charge in [-0.15, -0.1) is 0 Å². The molecule has 0 saturated heterocycles. The van der Waals surface area contributed by atoms with Gasteiger partial charge in [0.1, 0.15) is 11.2 Å². The molecule has 0 aliphatic rings. The number of hydrogen-bond donors (Lipinski definition) is 0. The first-order valence-electron chi connectivity index (χ1n) is 5.78. The number of alkyl halides is 3. The number of pyridine rings is 2. The predicted molar refractivity (Wildman–Crippen MR) is 66.7 cm³/mol. The highest BCUT2D eigenvalue weighted by Gasteiger charge is 2.31. The van der Waals surface area contributed by atoms with Gasteiger partial charge in [-0.3, -0.25) is 4.98 Å². The molecule has 3 aromatic rings. The zero-order chi connectivity index (χ0) is 14.3. The van der Waals surface area contributed by atoms with E-state index < -0.39 is 11.7 Å². The summed E-state index contributed by atoms with van der Waals surface area (Å²) >= 11 is 0. The smallest absolute Gasteiger partial charge is 0.311 e. The Balaban J connectivity index is 2.20. The van der Waals surface area contributed by atoms with Crippen LogP contribution in [0.25, 0.3) is 22.7 Å². The fourth-order valence-corrected chi connectivity index (χ4v) is 1.96. The first kappa shape index (κ1) is 12.6. The fourth-order valence-electron chi connectivity index (χ4n) is 1.96. The summed E-state index contributed by atoms with van der Waals surface area (Å²) < 4.78 is 39.6. The molecular weight excluding hydrogens is 269 g/mol. The average molecular weight is 278 g/mol. The molecule has 4 nitrogen and oxygen atoms in total. The van der Waals surface area contributed by atoms with Crippen LogP contribution >= 0.6 is 0 Å². The molecule has 0 saturated carbocycles. The third-order valence-electron chi connectivity index (χ3n) is 2.93. The van der Waals surface area contributed by atoms with Crippen molar-refractivity contribution in [2.24, 2.45) is 7.05 Å². The molecule has 0 atom stereocenters. The molecule has 0 fully saturated rings. The normalized spacial score (nSPS) is 12.0. The van der Waals surface area contributed by atoms with Crippen molar-refractivity contribution in [3.05, 3.63) is 42.2 Å². The zero-order valence-electron chi connectivity index (χ0n) is 10.4. The van der Waals surface area contributed by atoms with Crippen molar-refractivity contribution >= 4 is 11.2 Å². The summed E-state index contributed by atoms with van der Waals surface area (Å²) in [7, 11) is 1.69. The van der Waals surface area contributed by atoms with Crippen LogP contribution in [0.3, 0.4) is 0 Å². The second kappa shape index (κ2) is 4.29. The van der Waals surface area contributed by atoms with E-state index in [1.807, 2.05) is 0 Å². The fraction of sp³-hybridized carbons (Fsp3) is 0.154. The molecule has 0 aliphatic heterocycles. The Morgan fingerprint density at radius 1 is 1.15 bits per heavy atom. The van der Waals surface area contributed by atoms with E-state index in [4.69, 9.17) is 0 Å². The Morgan fingerprint density at radius 3 is 2.60 bits per heavy atom. The van der Waals surface area contributed by atoms with Gasteiger partial charge in [-0.1, -0.05) is 6.07 Å². The van der Waals surface area contributed by atoms with Crippen LogP contribution in [-0.4, -0.2) is 19.5 Å². The highest BCUT2D eigenvalue weighted by molar-refractivity contribution is 5.76. The van der Waals surface area contributed by atoms with Crippen LogP contribution in [0.2, 0.25) is 0 Å². The van der Waals surface area contributed by atoms with Crippen molar-refractivity contribution in [2.45, 2.75) is 6.18 Å². The first-order valence-corrected chi connectivity index (χ1v) is 5.78. The van der Waals surface area contributed by atoms with Gasteiger partial charge in [0.25, 0.3) is 0 Å². The molecule has 0 aliphatic carbocycles. The highest BCUT2D eigenvalue weighted by atomic mass is 19.4. The van der Waals surface area contributed by atoms with Gasteiger partial charge in [0.05, 0.1) is 5.56 Å². The van der Waals surface area contributed by atoms with Crippen LogP contribution in [0.4, 0.5) is 13.2 Å². The molecule has 7 heteroatoms. The summed E-state index contributed by atoms with van der Waals surface area (Å²) in [6.07, 6.45) is -2.01. The molecule has 3 rings (SSSR count). The quantitative estimate of drug-likeness (QED) is 0.687. The lowest BCUT2D eigenvalue weighted by atomic mass is 10.2. The molecule has 0 N–H and O–H groups in total. The topological polar surface area (TPSA) is 43.6 Å². The van der Waals surface area contributed by atoms with Gasteiger partial charge >= 0.3 is 6.18 Å². The maximum absolute atomic E-state index is 12.7. The Morgan fingerprint density at radius 2 is 1.95 bits per heavy atom. The molecule has 0 aromatic carbocycles. The second-order valence-electron chi connectivity index (χ2n) is 4.27. The van der Waals surface area contributed by atoms with E-state index in [2.05, 4.69) is 15.0 Å². The van der Waals surface area contributed by atoms with Crippen molar-refractivity contribution in [1.29, 1.82) is 0 Å². The van der Waals surface area contributed by atoms with Crippen LogP contribution in [0.5, 0.6) is 0 Å². The zero-order valence-corrected chi connectivity index (χ0v) is 10.4. The molecule has 0 unspecified atom stereocenters. The van der Waals surface area contributed by atoms with Gasteiger partial charge in [0.15, 0.2) is 11.5 Å². The van der Waals surface area contributed by atoms with Crippen LogP contribution in [0, 0.1) is 0 Å². The number of halogens is 3. The lowest BCUT2D eigenvalue weighted by Gasteiger charge is -2.05. The number of aryl methyl sites for hydroxylation is 1. The van der Waals surface area contributed by atoms with Gasteiger partial charge in [-0.2, -0.15) is 13.2 Å². The molecule has 0 spiro atoms. The Kier molecular flexibility index (Phi) is 2.70. The third kappa shape index (κ3) is 2.01. The largest absolute Gasteiger partial charge is 0.417 e. The molecule has 0 radical (unpaired) electrons. The minimum absolute atomic E-state index is 0.197. The number of rotatable bonds is 1. The van der Waals surface area contributed by atoms with Crippen molar-refractivity contribution in [1.82, 2.24) is 19.5 Å². The summed E-state index contributed by atoms with van der Waals surface area (Å²) in [4.78, 5) is 12.2. The van der Waals surface area contributed by atoms with Gasteiger partial charge in [0, 0.05) is 19.4 Å². The summed E-state index contributed by atoms with van der Waals surface area (Å²) in [5.41, 5.74) is 0.360. The van der Waals surface area contributed by atoms with Crippen LogP contribution < -0.4 is 0 Å². The number of imidazole rings is 1. The van der Waals surface area contributed by atoms with E-state index >= 15 is 0 Å². The number of fused-ring (bicyclic) bond motifs is 1. The highest BCUT2D eigenvalue weighted by Crippen LogP contribution is 2.31. The van der Waals surface area contributed by atoms with Crippen molar-refractivity contribution in [3.8, 4) is 11.5 Å². The Hall–Kier alpha value is -2.44. The van der Waals surface area contributed by atoms with Crippen molar-refractivity contribution in [3.63, 3.8) is 0 Å².